The van der Waals surface area contributed by atoms with E-state index < -0.39 is 0 Å². The number of aromatic nitrogens is 2. The van der Waals surface area contributed by atoms with Crippen molar-refractivity contribution in [3.8, 4) is 0 Å². The van der Waals surface area contributed by atoms with E-state index in [1.54, 1.807) is 0 Å². The monoisotopic (exact) mass is 242 g/mol. The molecule has 1 aliphatic rings. The van der Waals surface area contributed by atoms with Gasteiger partial charge in [-0.15, -0.1) is 0 Å². The van der Waals surface area contributed by atoms with Crippen molar-refractivity contribution in [1.29, 1.82) is 0 Å². The quantitative estimate of drug-likeness (QED) is 0.861. The zero-order valence-electron chi connectivity index (χ0n) is 10.6. The van der Waals surface area contributed by atoms with Crippen LogP contribution in [0.3, 0.4) is 0 Å². The smallest absolute Gasteiger partial charge is 0.0727 e. The number of nitrogens with one attached hydrogen (secondary N) is 2. The average molecular weight is 242 g/mol. The molecule has 0 saturated carbocycles. The van der Waals surface area contributed by atoms with Gasteiger partial charge in [-0.2, -0.15) is 5.10 Å². The number of fused-ring (bicyclic) bond motifs is 1. The molecule has 1 aliphatic heterocycles. The summed E-state index contributed by atoms with van der Waals surface area (Å²) < 4.78 is 1.81. The van der Waals surface area contributed by atoms with Crippen molar-refractivity contribution in [3.05, 3.63) is 47.8 Å². The van der Waals surface area contributed by atoms with Crippen LogP contribution in [0.4, 0.5) is 5.69 Å². The first kappa shape index (κ1) is 11.3. The summed E-state index contributed by atoms with van der Waals surface area (Å²) >= 11 is 0. The first-order valence-corrected chi connectivity index (χ1v) is 6.36. The first-order chi connectivity index (χ1) is 8.83. The lowest BCUT2D eigenvalue weighted by Gasteiger charge is -2.27. The highest BCUT2D eigenvalue weighted by Gasteiger charge is 2.18. The Morgan fingerprint density at radius 3 is 3.17 bits per heavy atom. The molecule has 0 amide bonds. The lowest BCUT2D eigenvalue weighted by Crippen LogP contribution is -2.34. The molecule has 2 heterocycles. The summed E-state index contributed by atoms with van der Waals surface area (Å²) in [6.45, 7) is 1.94. The van der Waals surface area contributed by atoms with Crippen molar-refractivity contribution in [2.45, 2.75) is 12.5 Å². The van der Waals surface area contributed by atoms with Crippen LogP contribution in [-0.2, 0) is 13.5 Å². The predicted octanol–water partition coefficient (Wildman–Crippen LogP) is 1.72. The van der Waals surface area contributed by atoms with Gasteiger partial charge in [0.15, 0.2) is 0 Å². The maximum atomic E-state index is 4.16. The number of nitrogens with zero attached hydrogens (tertiary/aromatic N) is 2. The van der Waals surface area contributed by atoms with Crippen LogP contribution in [0.2, 0.25) is 0 Å². The first-order valence-electron chi connectivity index (χ1n) is 6.36. The third kappa shape index (κ3) is 2.24. The maximum absolute atomic E-state index is 4.16. The molecule has 1 unspecified atom stereocenters. The van der Waals surface area contributed by atoms with Crippen molar-refractivity contribution in [3.63, 3.8) is 0 Å². The van der Waals surface area contributed by atoms with Gasteiger partial charge in [0.05, 0.1) is 11.9 Å². The van der Waals surface area contributed by atoms with E-state index in [1.165, 1.54) is 11.1 Å². The molecular formula is C14H18N4. The Morgan fingerprint density at radius 2 is 2.33 bits per heavy atom. The minimum absolute atomic E-state index is 0.384. The van der Waals surface area contributed by atoms with Gasteiger partial charge in [-0.25, -0.2) is 0 Å². The van der Waals surface area contributed by atoms with Crippen molar-refractivity contribution < 1.29 is 0 Å². The molecule has 0 bridgehead atoms. The third-order valence-corrected chi connectivity index (χ3v) is 3.43. The second-order valence-electron chi connectivity index (χ2n) is 4.74. The Morgan fingerprint density at radius 1 is 1.44 bits per heavy atom. The normalized spacial score (nSPS) is 18.4. The van der Waals surface area contributed by atoms with E-state index in [2.05, 4.69) is 40.0 Å². The minimum atomic E-state index is 0.384. The lowest BCUT2D eigenvalue weighted by atomic mass is 9.94. The summed E-state index contributed by atoms with van der Waals surface area (Å²) in [5.41, 5.74) is 3.96. The van der Waals surface area contributed by atoms with Crippen LogP contribution in [0.1, 0.15) is 17.2 Å². The maximum Gasteiger partial charge on any atom is 0.0727 e. The number of anilines is 1. The van der Waals surface area contributed by atoms with E-state index in [9.17, 15) is 0 Å². The van der Waals surface area contributed by atoms with Gasteiger partial charge in [0.25, 0.3) is 0 Å². The van der Waals surface area contributed by atoms with Crippen molar-refractivity contribution in [2.24, 2.45) is 7.05 Å². The molecule has 0 aliphatic carbocycles. The summed E-state index contributed by atoms with van der Waals surface area (Å²) in [7, 11) is 1.93. The van der Waals surface area contributed by atoms with Crippen LogP contribution in [0.5, 0.6) is 0 Å². The number of benzene rings is 1. The molecule has 0 fully saturated rings. The molecule has 0 radical (unpaired) electrons. The van der Waals surface area contributed by atoms with Gasteiger partial charge in [-0.05, 0) is 24.1 Å². The van der Waals surface area contributed by atoms with E-state index >= 15 is 0 Å². The van der Waals surface area contributed by atoms with Gasteiger partial charge < -0.3 is 10.6 Å². The number of aryl methyl sites for hydroxylation is 1. The van der Waals surface area contributed by atoms with Gasteiger partial charge in [0.2, 0.25) is 0 Å². The molecule has 0 spiro atoms. The van der Waals surface area contributed by atoms with E-state index in [-0.39, 0.29) is 0 Å². The predicted molar refractivity (Wildman–Crippen MR) is 72.6 cm³/mol. The summed E-state index contributed by atoms with van der Waals surface area (Å²) in [6, 6.07) is 9.07. The number of rotatable bonds is 3. The van der Waals surface area contributed by atoms with Crippen molar-refractivity contribution in [1.82, 2.24) is 15.1 Å². The molecule has 94 valence electrons. The summed E-state index contributed by atoms with van der Waals surface area (Å²) in [4.78, 5) is 0. The van der Waals surface area contributed by atoms with Crippen LogP contribution in [0.15, 0.2) is 36.7 Å². The van der Waals surface area contributed by atoms with Gasteiger partial charge >= 0.3 is 0 Å². The largest absolute Gasteiger partial charge is 0.381 e. The summed E-state index contributed by atoms with van der Waals surface area (Å²) in [6.07, 6.45) is 4.98. The topological polar surface area (TPSA) is 41.9 Å². The zero-order valence-corrected chi connectivity index (χ0v) is 10.6. The number of hydrogen-bond acceptors (Lipinski definition) is 3. The molecule has 4 heteroatoms. The second-order valence-corrected chi connectivity index (χ2v) is 4.74. The molecule has 4 nitrogen and oxygen atoms in total. The van der Waals surface area contributed by atoms with Gasteiger partial charge in [0, 0.05) is 25.8 Å². The Balaban J connectivity index is 1.71. The van der Waals surface area contributed by atoms with E-state index in [1.807, 2.05) is 24.1 Å². The lowest BCUT2D eigenvalue weighted by molar-refractivity contribution is 0.523. The van der Waals surface area contributed by atoms with E-state index in [0.29, 0.717) is 6.04 Å². The standard InChI is InChI=1S/C14H18N4/c1-18-10-12(8-17-18)16-9-14-13-5-3-2-4-11(13)6-7-15-14/h2-5,8,10,14-16H,6-7,9H2,1H3. The van der Waals surface area contributed by atoms with E-state index in [4.69, 9.17) is 0 Å². The van der Waals surface area contributed by atoms with Crippen LogP contribution in [0.25, 0.3) is 0 Å². The molecule has 1 aromatic heterocycles. The van der Waals surface area contributed by atoms with Crippen LogP contribution < -0.4 is 10.6 Å². The van der Waals surface area contributed by atoms with Crippen molar-refractivity contribution in [2.75, 3.05) is 18.4 Å². The molecule has 2 aromatic rings. The van der Waals surface area contributed by atoms with Gasteiger partial charge in [-0.1, -0.05) is 24.3 Å². The van der Waals surface area contributed by atoms with E-state index in [0.717, 1.165) is 25.2 Å². The SMILES string of the molecule is Cn1cc(NCC2NCCc3ccccc32)cn1. The van der Waals surface area contributed by atoms with Crippen LogP contribution >= 0.6 is 0 Å². The second kappa shape index (κ2) is 4.82. The number of hydrogen-bond donors (Lipinski definition) is 2. The fraction of sp³-hybridized carbons (Fsp3) is 0.357. The average Bonchev–Trinajstić information content (AvgIpc) is 2.82. The molecule has 1 atom stereocenters. The highest BCUT2D eigenvalue weighted by Crippen LogP contribution is 2.22. The molecule has 0 saturated heterocycles. The summed E-state index contributed by atoms with van der Waals surface area (Å²) in [5.74, 6) is 0. The molecule has 2 N–H and O–H groups in total. The highest BCUT2D eigenvalue weighted by atomic mass is 15.3. The Labute approximate surface area is 107 Å². The van der Waals surface area contributed by atoms with Crippen LogP contribution in [-0.4, -0.2) is 22.9 Å². The Kier molecular flexibility index (Phi) is 3.02. The fourth-order valence-corrected chi connectivity index (χ4v) is 2.51. The highest BCUT2D eigenvalue weighted by molar-refractivity contribution is 5.40. The Hall–Kier alpha value is -1.81. The fourth-order valence-electron chi connectivity index (χ4n) is 2.51. The molecule has 3 rings (SSSR count). The van der Waals surface area contributed by atoms with Gasteiger partial charge in [0.1, 0.15) is 0 Å². The Bertz CT molecular complexity index is 532. The third-order valence-electron chi connectivity index (χ3n) is 3.43. The molecule has 1 aromatic carbocycles. The minimum Gasteiger partial charge on any atom is -0.381 e. The molecular weight excluding hydrogens is 224 g/mol. The van der Waals surface area contributed by atoms with Gasteiger partial charge in [-0.3, -0.25) is 4.68 Å². The van der Waals surface area contributed by atoms with Crippen LogP contribution in [0, 0.1) is 0 Å². The zero-order chi connectivity index (χ0) is 12.4. The van der Waals surface area contributed by atoms with Crippen molar-refractivity contribution >= 4 is 5.69 Å². The molecule has 18 heavy (non-hydrogen) atoms. The summed E-state index contributed by atoms with van der Waals surface area (Å²) in [5, 5.41) is 11.2.